The van der Waals surface area contributed by atoms with Crippen LogP contribution in [-0.2, 0) is 4.74 Å². The van der Waals surface area contributed by atoms with Gasteiger partial charge in [-0.15, -0.1) is 0 Å². The van der Waals surface area contributed by atoms with Crippen LogP contribution < -0.4 is 0 Å². The number of nitrogens with zero attached hydrogens (tertiary/aromatic N) is 4. The van der Waals surface area contributed by atoms with Gasteiger partial charge in [0, 0.05) is 31.5 Å². The lowest BCUT2D eigenvalue weighted by atomic mass is 10.1. The number of carbonyl (C=O) groups excluding carboxylic acids is 1. The minimum Gasteiger partial charge on any atom is -0.444 e. The topological polar surface area (TPSA) is 50.6 Å². The number of halogens is 1. The number of piperazine rings is 1. The monoisotopic (exact) mass is 360 g/mol. The fraction of sp³-hybridized carbons (Fsp3) is 0.474. The number of rotatable bonds is 2. The standard InChI is InChI=1S/C19H25FN4O2/c1-19(2,3)26-18(25)24-10-9-22(4)12-17(24)16-11-23(13-21-16)15-7-5-14(20)6-8-15/h5-8,11,13,17H,9-10,12H2,1-4H3. The van der Waals surface area contributed by atoms with Gasteiger partial charge >= 0.3 is 6.09 Å². The Bertz CT molecular complexity index is 767. The Morgan fingerprint density at radius 1 is 1.23 bits per heavy atom. The molecule has 1 aliphatic heterocycles. The zero-order valence-electron chi connectivity index (χ0n) is 15.6. The first kappa shape index (κ1) is 18.4. The third-order valence-electron chi connectivity index (χ3n) is 4.28. The van der Waals surface area contributed by atoms with Crippen LogP contribution in [0.25, 0.3) is 5.69 Å². The van der Waals surface area contributed by atoms with Crippen molar-refractivity contribution >= 4 is 6.09 Å². The largest absolute Gasteiger partial charge is 0.444 e. The molecule has 3 rings (SSSR count). The molecule has 1 aromatic carbocycles. The molecule has 0 N–H and O–H groups in total. The van der Waals surface area contributed by atoms with Gasteiger partial charge in [-0.3, -0.25) is 4.90 Å². The number of ether oxygens (including phenoxy) is 1. The molecule has 0 saturated carbocycles. The van der Waals surface area contributed by atoms with E-state index in [-0.39, 0.29) is 18.0 Å². The predicted molar refractivity (Wildman–Crippen MR) is 96.7 cm³/mol. The van der Waals surface area contributed by atoms with Gasteiger partial charge in [0.05, 0.1) is 18.1 Å². The molecule has 140 valence electrons. The lowest BCUT2D eigenvalue weighted by Crippen LogP contribution is -2.50. The van der Waals surface area contributed by atoms with Crippen molar-refractivity contribution in [2.75, 3.05) is 26.7 Å². The van der Waals surface area contributed by atoms with E-state index in [4.69, 9.17) is 4.74 Å². The lowest BCUT2D eigenvalue weighted by molar-refractivity contribution is 0.000481. The molecule has 1 atom stereocenters. The molecule has 26 heavy (non-hydrogen) atoms. The molecule has 0 bridgehead atoms. The normalized spacial score (nSPS) is 18.8. The molecule has 1 unspecified atom stereocenters. The summed E-state index contributed by atoms with van der Waals surface area (Å²) in [5.74, 6) is -0.279. The molecule has 2 aromatic rings. The van der Waals surface area contributed by atoms with Gasteiger partial charge in [-0.05, 0) is 52.1 Å². The molecular weight excluding hydrogens is 335 g/mol. The van der Waals surface area contributed by atoms with Gasteiger partial charge in [0.25, 0.3) is 0 Å². The Labute approximate surface area is 153 Å². The van der Waals surface area contributed by atoms with Gasteiger partial charge in [-0.25, -0.2) is 14.2 Å². The van der Waals surface area contributed by atoms with E-state index >= 15 is 0 Å². The van der Waals surface area contributed by atoms with Crippen LogP contribution in [0.3, 0.4) is 0 Å². The predicted octanol–water partition coefficient (Wildman–Crippen LogP) is 3.24. The Balaban J connectivity index is 1.84. The Morgan fingerprint density at radius 3 is 2.58 bits per heavy atom. The van der Waals surface area contributed by atoms with E-state index in [1.54, 1.807) is 23.4 Å². The SMILES string of the molecule is CN1CCN(C(=O)OC(C)(C)C)C(c2cn(-c3ccc(F)cc3)cn2)C1. The number of hydrogen-bond acceptors (Lipinski definition) is 4. The molecule has 0 radical (unpaired) electrons. The second kappa shape index (κ2) is 7.07. The van der Waals surface area contributed by atoms with Gasteiger partial charge in [0.2, 0.25) is 0 Å². The summed E-state index contributed by atoms with van der Waals surface area (Å²) in [6.07, 6.45) is 3.24. The van der Waals surface area contributed by atoms with E-state index in [0.29, 0.717) is 13.1 Å². The minimum absolute atomic E-state index is 0.190. The first-order chi connectivity index (χ1) is 12.2. The third-order valence-corrected chi connectivity index (χ3v) is 4.28. The van der Waals surface area contributed by atoms with Crippen LogP contribution >= 0.6 is 0 Å². The van der Waals surface area contributed by atoms with E-state index in [9.17, 15) is 9.18 Å². The average molecular weight is 360 g/mol. The van der Waals surface area contributed by atoms with Gasteiger partial charge in [0.1, 0.15) is 11.4 Å². The van der Waals surface area contributed by atoms with Crippen molar-refractivity contribution < 1.29 is 13.9 Å². The number of imidazole rings is 1. The smallest absolute Gasteiger partial charge is 0.410 e. The number of hydrogen-bond donors (Lipinski definition) is 0. The highest BCUT2D eigenvalue weighted by Gasteiger charge is 2.34. The second-order valence-electron chi connectivity index (χ2n) is 7.63. The fourth-order valence-corrected chi connectivity index (χ4v) is 2.98. The summed E-state index contributed by atoms with van der Waals surface area (Å²) >= 11 is 0. The van der Waals surface area contributed by atoms with Crippen molar-refractivity contribution in [3.05, 3.63) is 48.3 Å². The highest BCUT2D eigenvalue weighted by atomic mass is 19.1. The first-order valence-corrected chi connectivity index (χ1v) is 8.71. The maximum absolute atomic E-state index is 13.1. The molecular formula is C19H25FN4O2. The summed E-state index contributed by atoms with van der Waals surface area (Å²) in [6, 6.07) is 6.02. The van der Waals surface area contributed by atoms with Crippen LogP contribution in [0, 0.1) is 5.82 Å². The van der Waals surface area contributed by atoms with Crippen molar-refractivity contribution in [2.24, 2.45) is 0 Å². The number of benzene rings is 1. The van der Waals surface area contributed by atoms with Crippen molar-refractivity contribution in [3.63, 3.8) is 0 Å². The zero-order valence-corrected chi connectivity index (χ0v) is 15.6. The van der Waals surface area contributed by atoms with Gasteiger partial charge in [-0.2, -0.15) is 0 Å². The second-order valence-corrected chi connectivity index (χ2v) is 7.63. The van der Waals surface area contributed by atoms with E-state index in [0.717, 1.165) is 17.9 Å². The number of aromatic nitrogens is 2. The van der Waals surface area contributed by atoms with Gasteiger partial charge in [-0.1, -0.05) is 0 Å². The molecule has 0 aliphatic carbocycles. The van der Waals surface area contributed by atoms with E-state index in [2.05, 4.69) is 9.88 Å². The van der Waals surface area contributed by atoms with Crippen LogP contribution in [0.15, 0.2) is 36.8 Å². The van der Waals surface area contributed by atoms with Crippen LogP contribution in [0.5, 0.6) is 0 Å². The van der Waals surface area contributed by atoms with Crippen molar-refractivity contribution in [1.82, 2.24) is 19.4 Å². The molecule has 6 nitrogen and oxygen atoms in total. The molecule has 1 aliphatic rings. The summed E-state index contributed by atoms with van der Waals surface area (Å²) in [7, 11) is 2.02. The number of carbonyl (C=O) groups is 1. The Morgan fingerprint density at radius 2 is 1.92 bits per heavy atom. The van der Waals surface area contributed by atoms with Crippen molar-refractivity contribution in [2.45, 2.75) is 32.4 Å². The number of likely N-dealkylation sites (N-methyl/N-ethyl adjacent to an activating group) is 1. The highest BCUT2D eigenvalue weighted by Crippen LogP contribution is 2.26. The fourth-order valence-electron chi connectivity index (χ4n) is 2.98. The molecule has 0 spiro atoms. The zero-order chi connectivity index (χ0) is 18.9. The molecule has 1 fully saturated rings. The van der Waals surface area contributed by atoms with Crippen LogP contribution in [0.2, 0.25) is 0 Å². The molecule has 7 heteroatoms. The molecule has 2 heterocycles. The summed E-state index contributed by atoms with van der Waals surface area (Å²) in [4.78, 5) is 21.0. The minimum atomic E-state index is -0.543. The summed E-state index contributed by atoms with van der Waals surface area (Å²) in [5, 5.41) is 0. The summed E-state index contributed by atoms with van der Waals surface area (Å²) in [5.41, 5.74) is 1.06. The molecule has 1 saturated heterocycles. The van der Waals surface area contributed by atoms with Crippen molar-refractivity contribution in [3.8, 4) is 5.69 Å². The molecule has 1 amide bonds. The third kappa shape index (κ3) is 4.22. The quantitative estimate of drug-likeness (QED) is 0.825. The Hall–Kier alpha value is -2.41. The lowest BCUT2D eigenvalue weighted by Gasteiger charge is -2.39. The van der Waals surface area contributed by atoms with Gasteiger partial charge < -0.3 is 14.2 Å². The van der Waals surface area contributed by atoms with Crippen LogP contribution in [0.1, 0.15) is 32.5 Å². The Kier molecular flexibility index (Phi) is 5.00. The van der Waals surface area contributed by atoms with Crippen LogP contribution in [0.4, 0.5) is 9.18 Å². The van der Waals surface area contributed by atoms with E-state index in [1.165, 1.54) is 12.1 Å². The van der Waals surface area contributed by atoms with Gasteiger partial charge in [0.15, 0.2) is 0 Å². The molecule has 1 aromatic heterocycles. The maximum Gasteiger partial charge on any atom is 0.410 e. The van der Waals surface area contributed by atoms with E-state index in [1.807, 2.05) is 38.6 Å². The number of amides is 1. The summed E-state index contributed by atoms with van der Waals surface area (Å²) in [6.45, 7) is 7.63. The van der Waals surface area contributed by atoms with Crippen LogP contribution in [-0.4, -0.2) is 57.7 Å². The highest BCUT2D eigenvalue weighted by molar-refractivity contribution is 5.69. The average Bonchev–Trinajstić information content (AvgIpc) is 3.03. The van der Waals surface area contributed by atoms with E-state index < -0.39 is 5.60 Å². The maximum atomic E-state index is 13.1. The first-order valence-electron chi connectivity index (χ1n) is 8.71. The van der Waals surface area contributed by atoms with Crippen molar-refractivity contribution in [1.29, 1.82) is 0 Å². The summed E-state index contributed by atoms with van der Waals surface area (Å²) < 4.78 is 20.5.